The second kappa shape index (κ2) is 3.77. The molecule has 74 valence electrons. The number of amides is 1. The standard InChI is InChI=1S/C9H15NO3/c1-6-4-3-5-10(7(2)11)8(6)9(12)13/h6,8H,3-5H2,1-2H3,(H,12,13)/t6-,8+/m1/s1. The van der Waals surface area contributed by atoms with Crippen LogP contribution in [0.4, 0.5) is 0 Å². The number of aliphatic carboxylic acids is 1. The van der Waals surface area contributed by atoms with E-state index >= 15 is 0 Å². The number of hydrogen-bond donors (Lipinski definition) is 1. The predicted octanol–water partition coefficient (Wildman–Crippen LogP) is 0.718. The van der Waals surface area contributed by atoms with Gasteiger partial charge in [-0.05, 0) is 18.8 Å². The van der Waals surface area contributed by atoms with Crippen LogP contribution in [-0.2, 0) is 9.59 Å². The number of rotatable bonds is 1. The SMILES string of the molecule is CC(=O)N1CCC[C@@H](C)[C@H]1C(=O)O. The molecule has 1 saturated heterocycles. The lowest BCUT2D eigenvalue weighted by molar-refractivity contribution is -0.153. The average Bonchev–Trinajstić information content (AvgIpc) is 2.02. The van der Waals surface area contributed by atoms with Crippen LogP contribution >= 0.6 is 0 Å². The summed E-state index contributed by atoms with van der Waals surface area (Å²) in [5.74, 6) is -0.962. The molecule has 1 fully saturated rings. The topological polar surface area (TPSA) is 57.6 Å². The Kier molecular flexibility index (Phi) is 2.90. The quantitative estimate of drug-likeness (QED) is 0.654. The highest BCUT2D eigenvalue weighted by molar-refractivity contribution is 5.82. The summed E-state index contributed by atoms with van der Waals surface area (Å²) in [6.45, 7) is 3.89. The molecule has 0 radical (unpaired) electrons. The Morgan fingerprint density at radius 1 is 1.46 bits per heavy atom. The van der Waals surface area contributed by atoms with Crippen LogP contribution in [0.3, 0.4) is 0 Å². The van der Waals surface area contributed by atoms with Crippen LogP contribution in [0.5, 0.6) is 0 Å². The van der Waals surface area contributed by atoms with Crippen LogP contribution in [0.1, 0.15) is 26.7 Å². The molecule has 0 saturated carbocycles. The normalized spacial score (nSPS) is 28.6. The van der Waals surface area contributed by atoms with Gasteiger partial charge in [-0.15, -0.1) is 0 Å². The first-order valence-corrected chi connectivity index (χ1v) is 4.54. The summed E-state index contributed by atoms with van der Waals surface area (Å²) in [6, 6.07) is -0.619. The highest BCUT2D eigenvalue weighted by Crippen LogP contribution is 2.23. The molecule has 1 N–H and O–H groups in total. The zero-order valence-corrected chi connectivity index (χ0v) is 7.99. The smallest absolute Gasteiger partial charge is 0.326 e. The van der Waals surface area contributed by atoms with Gasteiger partial charge in [0.1, 0.15) is 6.04 Å². The third-order valence-electron chi connectivity index (χ3n) is 2.59. The van der Waals surface area contributed by atoms with Crippen molar-refractivity contribution < 1.29 is 14.7 Å². The molecule has 4 nitrogen and oxygen atoms in total. The first kappa shape index (κ1) is 10.0. The van der Waals surface area contributed by atoms with E-state index in [1.165, 1.54) is 11.8 Å². The molecule has 1 aliphatic heterocycles. The molecule has 1 amide bonds. The summed E-state index contributed by atoms with van der Waals surface area (Å²) in [4.78, 5) is 23.5. The van der Waals surface area contributed by atoms with Gasteiger partial charge in [0.15, 0.2) is 0 Å². The molecule has 0 bridgehead atoms. The number of carboxylic acids is 1. The van der Waals surface area contributed by atoms with Gasteiger partial charge in [0.2, 0.25) is 5.91 Å². The van der Waals surface area contributed by atoms with Gasteiger partial charge in [0.25, 0.3) is 0 Å². The highest BCUT2D eigenvalue weighted by atomic mass is 16.4. The lowest BCUT2D eigenvalue weighted by atomic mass is 9.91. The van der Waals surface area contributed by atoms with Gasteiger partial charge in [0, 0.05) is 13.5 Å². The second-order valence-electron chi connectivity index (χ2n) is 3.61. The van der Waals surface area contributed by atoms with E-state index in [4.69, 9.17) is 5.11 Å². The third-order valence-corrected chi connectivity index (χ3v) is 2.59. The monoisotopic (exact) mass is 185 g/mol. The lowest BCUT2D eigenvalue weighted by Crippen LogP contribution is -2.51. The molecule has 0 aliphatic carbocycles. The summed E-state index contributed by atoms with van der Waals surface area (Å²) < 4.78 is 0. The van der Waals surface area contributed by atoms with Crippen molar-refractivity contribution in [1.29, 1.82) is 0 Å². The van der Waals surface area contributed by atoms with Crippen LogP contribution in [-0.4, -0.2) is 34.5 Å². The maximum atomic E-state index is 11.1. The van der Waals surface area contributed by atoms with Crippen LogP contribution in [0.2, 0.25) is 0 Å². The largest absolute Gasteiger partial charge is 0.480 e. The van der Waals surface area contributed by atoms with Crippen molar-refractivity contribution >= 4 is 11.9 Å². The minimum absolute atomic E-state index is 0.0650. The lowest BCUT2D eigenvalue weighted by Gasteiger charge is -2.36. The Bertz CT molecular complexity index is 227. The number of likely N-dealkylation sites (tertiary alicyclic amines) is 1. The van der Waals surface area contributed by atoms with E-state index in [9.17, 15) is 9.59 Å². The van der Waals surface area contributed by atoms with Crippen molar-refractivity contribution in [1.82, 2.24) is 4.90 Å². The number of carbonyl (C=O) groups is 2. The maximum absolute atomic E-state index is 11.1. The van der Waals surface area contributed by atoms with Crippen molar-refractivity contribution in [2.24, 2.45) is 5.92 Å². The Labute approximate surface area is 77.5 Å². The average molecular weight is 185 g/mol. The van der Waals surface area contributed by atoms with Gasteiger partial charge in [-0.2, -0.15) is 0 Å². The van der Waals surface area contributed by atoms with Gasteiger partial charge in [0.05, 0.1) is 0 Å². The molecule has 0 aromatic rings. The summed E-state index contributed by atoms with van der Waals surface area (Å²) in [6.07, 6.45) is 1.80. The molecule has 1 aliphatic rings. The number of hydrogen-bond acceptors (Lipinski definition) is 2. The third kappa shape index (κ3) is 1.99. The van der Waals surface area contributed by atoms with E-state index in [1.54, 1.807) is 0 Å². The summed E-state index contributed by atoms with van der Waals surface area (Å²) in [5, 5.41) is 8.93. The molecule has 1 rings (SSSR count). The van der Waals surface area contributed by atoms with Crippen LogP contribution in [0.15, 0.2) is 0 Å². The van der Waals surface area contributed by atoms with Crippen LogP contribution in [0, 0.1) is 5.92 Å². The maximum Gasteiger partial charge on any atom is 0.326 e. The molecule has 13 heavy (non-hydrogen) atoms. The fraction of sp³-hybridized carbons (Fsp3) is 0.778. The minimum atomic E-state index is -0.887. The number of carbonyl (C=O) groups excluding carboxylic acids is 1. The summed E-state index contributed by atoms with van der Waals surface area (Å²) in [5.41, 5.74) is 0. The van der Waals surface area contributed by atoms with Crippen molar-refractivity contribution in [3.63, 3.8) is 0 Å². The zero-order valence-electron chi connectivity index (χ0n) is 7.99. The van der Waals surface area contributed by atoms with E-state index in [-0.39, 0.29) is 11.8 Å². The van der Waals surface area contributed by atoms with Gasteiger partial charge in [-0.3, -0.25) is 4.79 Å². The molecule has 1 heterocycles. The Balaban J connectivity index is 2.80. The Morgan fingerprint density at radius 3 is 2.46 bits per heavy atom. The van der Waals surface area contributed by atoms with E-state index in [0.29, 0.717) is 6.54 Å². The summed E-state index contributed by atoms with van der Waals surface area (Å²) >= 11 is 0. The van der Waals surface area contributed by atoms with E-state index < -0.39 is 12.0 Å². The van der Waals surface area contributed by atoms with Gasteiger partial charge < -0.3 is 10.0 Å². The predicted molar refractivity (Wildman–Crippen MR) is 47.2 cm³/mol. The minimum Gasteiger partial charge on any atom is -0.480 e. The number of carboxylic acid groups (broad SMARTS) is 1. The van der Waals surface area contributed by atoms with Crippen LogP contribution < -0.4 is 0 Å². The molecular formula is C9H15NO3. The van der Waals surface area contributed by atoms with Crippen molar-refractivity contribution in [3.05, 3.63) is 0 Å². The highest BCUT2D eigenvalue weighted by Gasteiger charge is 2.35. The van der Waals surface area contributed by atoms with Gasteiger partial charge >= 0.3 is 5.97 Å². The number of nitrogens with zero attached hydrogens (tertiary/aromatic N) is 1. The fourth-order valence-electron chi connectivity index (χ4n) is 1.92. The van der Waals surface area contributed by atoms with Crippen LogP contribution in [0.25, 0.3) is 0 Å². The first-order chi connectivity index (χ1) is 6.04. The molecule has 0 aromatic carbocycles. The zero-order chi connectivity index (χ0) is 10.0. The fourth-order valence-corrected chi connectivity index (χ4v) is 1.92. The van der Waals surface area contributed by atoms with Crippen molar-refractivity contribution in [2.75, 3.05) is 6.54 Å². The van der Waals surface area contributed by atoms with E-state index in [0.717, 1.165) is 12.8 Å². The number of piperidine rings is 1. The molecule has 0 unspecified atom stereocenters. The molecule has 4 heteroatoms. The van der Waals surface area contributed by atoms with Gasteiger partial charge in [-0.25, -0.2) is 4.79 Å². The van der Waals surface area contributed by atoms with Crippen molar-refractivity contribution in [3.8, 4) is 0 Å². The first-order valence-electron chi connectivity index (χ1n) is 4.54. The molecule has 0 aromatic heterocycles. The van der Waals surface area contributed by atoms with E-state index in [1.807, 2.05) is 6.92 Å². The van der Waals surface area contributed by atoms with Crippen molar-refractivity contribution in [2.45, 2.75) is 32.7 Å². The second-order valence-corrected chi connectivity index (χ2v) is 3.61. The van der Waals surface area contributed by atoms with E-state index in [2.05, 4.69) is 0 Å². The Morgan fingerprint density at radius 2 is 2.08 bits per heavy atom. The molecular weight excluding hydrogens is 170 g/mol. The summed E-state index contributed by atoms with van der Waals surface area (Å²) in [7, 11) is 0. The molecule has 2 atom stereocenters. The Hall–Kier alpha value is -1.06. The molecule has 0 spiro atoms. The van der Waals surface area contributed by atoms with Gasteiger partial charge in [-0.1, -0.05) is 6.92 Å².